The van der Waals surface area contributed by atoms with Gasteiger partial charge in [-0.15, -0.1) is 0 Å². The summed E-state index contributed by atoms with van der Waals surface area (Å²) in [6.07, 6.45) is 5.65. The van der Waals surface area contributed by atoms with Crippen molar-refractivity contribution in [2.45, 2.75) is 26.2 Å². The van der Waals surface area contributed by atoms with Gasteiger partial charge in [-0.2, -0.15) is 4.98 Å². The third-order valence-electron chi connectivity index (χ3n) is 4.79. The van der Waals surface area contributed by atoms with Gasteiger partial charge in [0.25, 0.3) is 0 Å². The molecule has 0 amide bonds. The number of aromatic nitrogens is 2. The second-order valence-corrected chi connectivity index (χ2v) is 7.62. The highest BCUT2D eigenvalue weighted by molar-refractivity contribution is 6.31. The highest BCUT2D eigenvalue weighted by Crippen LogP contribution is 2.28. The van der Waals surface area contributed by atoms with Crippen molar-refractivity contribution in [3.63, 3.8) is 0 Å². The summed E-state index contributed by atoms with van der Waals surface area (Å²) < 4.78 is 0. The molecule has 154 valence electrons. The Balaban J connectivity index is 1.58. The molecule has 1 aliphatic rings. The van der Waals surface area contributed by atoms with Crippen LogP contribution in [0.1, 0.15) is 31.7 Å². The number of halogens is 2. The van der Waals surface area contributed by atoms with Crippen LogP contribution < -0.4 is 15.5 Å². The summed E-state index contributed by atoms with van der Waals surface area (Å²) in [6.45, 7) is 8.95. The summed E-state index contributed by atoms with van der Waals surface area (Å²) in [4.78, 5) is 15.3. The highest BCUT2D eigenvalue weighted by Gasteiger charge is 2.14. The zero-order valence-electron chi connectivity index (χ0n) is 16.6. The second-order valence-electron chi connectivity index (χ2n) is 6.80. The quantitative estimate of drug-likeness (QED) is 0.342. The number of anilines is 2. The molecular weight excluding hydrogens is 407 g/mol. The van der Waals surface area contributed by atoms with E-state index in [1.807, 2.05) is 31.2 Å². The molecule has 3 rings (SSSR count). The molecule has 2 N–H and O–H groups in total. The van der Waals surface area contributed by atoms with Crippen LogP contribution in [0.15, 0.2) is 35.3 Å². The largest absolute Gasteiger partial charge is 0.383 e. The van der Waals surface area contributed by atoms with E-state index < -0.39 is 0 Å². The standard InChI is InChI=1S/C21H26Cl2N6/c1-3-17(16-8-7-15(22)13-18(16)24-2)25-9-10-26-21-27-19(23)14-20(28-21)29-11-5-4-6-12-29/h3,7-8,13-14,25H,2,4-6,9-12H2,1H3,(H,26,27,28)/b17-3+. The Morgan fingerprint density at radius 1 is 1.17 bits per heavy atom. The zero-order chi connectivity index (χ0) is 20.6. The topological polar surface area (TPSA) is 65.4 Å². The van der Waals surface area contributed by atoms with E-state index in [9.17, 15) is 0 Å². The molecule has 2 aromatic rings. The number of aliphatic imine (C=N–C) groups is 1. The van der Waals surface area contributed by atoms with Gasteiger partial charge < -0.3 is 15.5 Å². The van der Waals surface area contributed by atoms with Crippen molar-refractivity contribution in [1.82, 2.24) is 15.3 Å². The lowest BCUT2D eigenvalue weighted by Gasteiger charge is -2.27. The van der Waals surface area contributed by atoms with Gasteiger partial charge in [-0.05, 0) is 51.1 Å². The lowest BCUT2D eigenvalue weighted by Crippen LogP contribution is -2.30. The summed E-state index contributed by atoms with van der Waals surface area (Å²) in [7, 11) is 0. The maximum absolute atomic E-state index is 6.21. The number of hydrogen-bond acceptors (Lipinski definition) is 6. The van der Waals surface area contributed by atoms with Crippen molar-refractivity contribution < 1.29 is 0 Å². The van der Waals surface area contributed by atoms with Gasteiger partial charge in [-0.1, -0.05) is 29.3 Å². The molecule has 0 bridgehead atoms. The van der Waals surface area contributed by atoms with Crippen LogP contribution in [0, 0.1) is 0 Å². The SMILES string of the molecule is C=Nc1cc(Cl)ccc1/C(=C\C)NCCNc1nc(Cl)cc(N2CCCCC2)n1. The summed E-state index contributed by atoms with van der Waals surface area (Å²) in [5.41, 5.74) is 2.67. The van der Waals surface area contributed by atoms with Crippen LogP contribution in [0.25, 0.3) is 5.70 Å². The van der Waals surface area contributed by atoms with Gasteiger partial charge in [-0.3, -0.25) is 4.99 Å². The first-order valence-corrected chi connectivity index (χ1v) is 10.6. The van der Waals surface area contributed by atoms with Crippen LogP contribution >= 0.6 is 23.2 Å². The van der Waals surface area contributed by atoms with Gasteiger partial charge in [0.2, 0.25) is 5.95 Å². The number of piperidine rings is 1. The summed E-state index contributed by atoms with van der Waals surface area (Å²) >= 11 is 12.3. The zero-order valence-corrected chi connectivity index (χ0v) is 18.1. The van der Waals surface area contributed by atoms with Crippen LogP contribution in [0.3, 0.4) is 0 Å². The van der Waals surface area contributed by atoms with Gasteiger partial charge in [0.05, 0.1) is 5.69 Å². The first kappa shape index (κ1) is 21.4. The molecule has 8 heteroatoms. The molecule has 0 atom stereocenters. The second kappa shape index (κ2) is 10.5. The van der Waals surface area contributed by atoms with E-state index in [0.717, 1.165) is 35.9 Å². The van der Waals surface area contributed by atoms with Crippen molar-refractivity contribution in [2.24, 2.45) is 4.99 Å². The molecule has 29 heavy (non-hydrogen) atoms. The van der Waals surface area contributed by atoms with Gasteiger partial charge in [0, 0.05) is 48.5 Å². The fraction of sp³-hybridized carbons (Fsp3) is 0.381. The van der Waals surface area contributed by atoms with E-state index in [1.165, 1.54) is 19.3 Å². The predicted molar refractivity (Wildman–Crippen MR) is 124 cm³/mol. The molecule has 0 unspecified atom stereocenters. The summed E-state index contributed by atoms with van der Waals surface area (Å²) in [5, 5.41) is 7.75. The van der Waals surface area contributed by atoms with E-state index in [2.05, 4.69) is 37.2 Å². The number of hydrogen-bond donors (Lipinski definition) is 2. The molecule has 0 radical (unpaired) electrons. The van der Waals surface area contributed by atoms with Crippen LogP contribution in [0.4, 0.5) is 17.5 Å². The molecule has 6 nitrogen and oxygen atoms in total. The van der Waals surface area contributed by atoms with Gasteiger partial charge in [0.1, 0.15) is 11.0 Å². The monoisotopic (exact) mass is 432 g/mol. The minimum atomic E-state index is 0.452. The number of nitrogens with zero attached hydrogens (tertiary/aromatic N) is 4. The normalized spacial score (nSPS) is 14.6. The van der Waals surface area contributed by atoms with Crippen molar-refractivity contribution in [3.8, 4) is 0 Å². The molecule has 1 fully saturated rings. The van der Waals surface area contributed by atoms with E-state index in [-0.39, 0.29) is 0 Å². The first-order chi connectivity index (χ1) is 14.1. The number of nitrogens with one attached hydrogen (secondary N) is 2. The van der Waals surface area contributed by atoms with E-state index in [4.69, 9.17) is 23.2 Å². The molecule has 1 aliphatic heterocycles. The molecular formula is C21H26Cl2N6. The van der Waals surface area contributed by atoms with Crippen molar-refractivity contribution >= 4 is 53.1 Å². The lowest BCUT2D eigenvalue weighted by molar-refractivity contribution is 0.573. The number of allylic oxidation sites excluding steroid dienone is 1. The lowest BCUT2D eigenvalue weighted by atomic mass is 10.1. The van der Waals surface area contributed by atoms with Crippen molar-refractivity contribution in [2.75, 3.05) is 36.4 Å². The Kier molecular flexibility index (Phi) is 7.72. The molecule has 1 aromatic carbocycles. The van der Waals surface area contributed by atoms with Gasteiger partial charge in [-0.25, -0.2) is 4.98 Å². The molecule has 1 saturated heterocycles. The van der Waals surface area contributed by atoms with Crippen LogP contribution in [-0.2, 0) is 0 Å². The fourth-order valence-electron chi connectivity index (χ4n) is 3.36. The third-order valence-corrected chi connectivity index (χ3v) is 5.22. The Labute approximate surface area is 182 Å². The van der Waals surface area contributed by atoms with Gasteiger partial charge in [0.15, 0.2) is 0 Å². The Morgan fingerprint density at radius 3 is 2.69 bits per heavy atom. The predicted octanol–water partition coefficient (Wildman–Crippen LogP) is 5.17. The third kappa shape index (κ3) is 5.84. The minimum absolute atomic E-state index is 0.452. The maximum atomic E-state index is 6.21. The first-order valence-electron chi connectivity index (χ1n) is 9.81. The van der Waals surface area contributed by atoms with Crippen LogP contribution in [0.5, 0.6) is 0 Å². The summed E-state index contributed by atoms with van der Waals surface area (Å²) in [5.74, 6) is 1.43. The van der Waals surface area contributed by atoms with Crippen LogP contribution in [-0.4, -0.2) is 42.9 Å². The molecule has 0 aliphatic carbocycles. The minimum Gasteiger partial charge on any atom is -0.383 e. The molecule has 0 saturated carbocycles. The van der Waals surface area contributed by atoms with Gasteiger partial charge >= 0.3 is 0 Å². The Hall–Kier alpha value is -2.31. The Morgan fingerprint density at radius 2 is 1.97 bits per heavy atom. The smallest absolute Gasteiger partial charge is 0.226 e. The molecule has 1 aromatic heterocycles. The number of benzene rings is 1. The average Bonchev–Trinajstić information content (AvgIpc) is 2.74. The Bertz CT molecular complexity index is 877. The maximum Gasteiger partial charge on any atom is 0.226 e. The van der Waals surface area contributed by atoms with Crippen LogP contribution in [0.2, 0.25) is 10.2 Å². The molecule has 0 spiro atoms. The fourth-order valence-corrected chi connectivity index (χ4v) is 3.70. The van der Waals surface area contributed by atoms with Crippen molar-refractivity contribution in [1.29, 1.82) is 0 Å². The van der Waals surface area contributed by atoms with Crippen molar-refractivity contribution in [3.05, 3.63) is 46.1 Å². The number of rotatable bonds is 8. The highest BCUT2D eigenvalue weighted by atomic mass is 35.5. The summed E-state index contributed by atoms with van der Waals surface area (Å²) in [6, 6.07) is 7.41. The van der Waals surface area contributed by atoms with E-state index in [1.54, 1.807) is 6.07 Å². The van der Waals surface area contributed by atoms with E-state index >= 15 is 0 Å². The average molecular weight is 433 g/mol. The molecule has 2 heterocycles. The van der Waals surface area contributed by atoms with E-state index in [0.29, 0.717) is 29.2 Å².